The van der Waals surface area contributed by atoms with Crippen molar-refractivity contribution in [2.24, 2.45) is 0 Å². The topological polar surface area (TPSA) is 38.7 Å². The lowest BCUT2D eigenvalue weighted by Crippen LogP contribution is -1.95. The van der Waals surface area contributed by atoms with Crippen LogP contribution in [0.25, 0.3) is 22.2 Å². The summed E-state index contributed by atoms with van der Waals surface area (Å²) < 4.78 is 0.821. The van der Waals surface area contributed by atoms with Crippen molar-refractivity contribution >= 4 is 26.8 Å². The highest BCUT2D eigenvalue weighted by Gasteiger charge is 2.06. The molecule has 4 heteroatoms. The molecule has 20 heavy (non-hydrogen) atoms. The van der Waals surface area contributed by atoms with Gasteiger partial charge in [-0.2, -0.15) is 0 Å². The number of halogens is 1. The Morgan fingerprint density at radius 1 is 1.00 bits per heavy atom. The van der Waals surface area contributed by atoms with Crippen LogP contribution in [0.15, 0.2) is 41.0 Å². The van der Waals surface area contributed by atoms with E-state index in [4.69, 9.17) is 0 Å². The number of rotatable bonds is 2. The molecule has 3 rings (SSSR count). The second-order valence-corrected chi connectivity index (χ2v) is 5.52. The zero-order valence-corrected chi connectivity index (χ0v) is 13.0. The van der Waals surface area contributed by atoms with Crippen molar-refractivity contribution in [2.75, 3.05) is 0 Å². The number of hydrogen-bond donors (Lipinski definition) is 0. The van der Waals surface area contributed by atoms with Crippen molar-refractivity contribution in [1.29, 1.82) is 0 Å². The summed E-state index contributed by atoms with van der Waals surface area (Å²) in [5.41, 5.74) is 4.06. The van der Waals surface area contributed by atoms with Crippen LogP contribution in [0.3, 0.4) is 0 Å². The molecule has 0 N–H and O–H groups in total. The number of fused-ring (bicyclic) bond motifs is 1. The molecule has 0 unspecified atom stereocenters. The van der Waals surface area contributed by atoms with Crippen LogP contribution in [0, 0.1) is 6.92 Å². The largest absolute Gasteiger partial charge is 0.253 e. The predicted octanol–water partition coefficient (Wildman–Crippen LogP) is 4.33. The Bertz CT molecular complexity index is 784. The van der Waals surface area contributed by atoms with Gasteiger partial charge in [0.2, 0.25) is 0 Å². The van der Waals surface area contributed by atoms with E-state index in [2.05, 4.69) is 56.0 Å². The van der Waals surface area contributed by atoms with Gasteiger partial charge in [0.15, 0.2) is 0 Å². The van der Waals surface area contributed by atoms with Gasteiger partial charge in [-0.25, -0.2) is 9.97 Å². The van der Waals surface area contributed by atoms with Gasteiger partial charge in [0.05, 0.1) is 11.2 Å². The van der Waals surface area contributed by atoms with E-state index >= 15 is 0 Å². The molecule has 3 nitrogen and oxygen atoms in total. The van der Waals surface area contributed by atoms with Crippen LogP contribution < -0.4 is 0 Å². The summed E-state index contributed by atoms with van der Waals surface area (Å²) in [5.74, 6) is 0.844. The van der Waals surface area contributed by atoms with E-state index in [9.17, 15) is 0 Å². The van der Waals surface area contributed by atoms with Gasteiger partial charge in [-0.3, -0.25) is 4.98 Å². The Morgan fingerprint density at radius 3 is 2.65 bits per heavy atom. The summed E-state index contributed by atoms with van der Waals surface area (Å²) in [4.78, 5) is 13.4. The van der Waals surface area contributed by atoms with E-state index in [0.717, 1.165) is 44.7 Å². The first kappa shape index (κ1) is 13.2. The lowest BCUT2D eigenvalue weighted by atomic mass is 10.1. The highest BCUT2D eigenvalue weighted by molar-refractivity contribution is 9.10. The Labute approximate surface area is 126 Å². The number of hydrogen-bond acceptors (Lipinski definition) is 3. The van der Waals surface area contributed by atoms with E-state index in [-0.39, 0.29) is 0 Å². The first-order chi connectivity index (χ1) is 9.65. The molecular weight excluding hydrogens is 314 g/mol. The highest BCUT2D eigenvalue weighted by Crippen LogP contribution is 2.24. The molecule has 100 valence electrons. The fourth-order valence-corrected chi connectivity index (χ4v) is 2.58. The molecule has 0 aliphatic carbocycles. The minimum absolute atomic E-state index is 0.820. The number of pyridine rings is 1. The van der Waals surface area contributed by atoms with Crippen LogP contribution in [-0.2, 0) is 6.42 Å². The van der Waals surface area contributed by atoms with Crippen molar-refractivity contribution in [3.05, 3.63) is 52.5 Å². The van der Waals surface area contributed by atoms with Crippen LogP contribution in [0.2, 0.25) is 0 Å². The summed E-state index contributed by atoms with van der Waals surface area (Å²) >= 11 is 3.45. The maximum Gasteiger partial charge on any atom is 0.130 e. The average molecular weight is 328 g/mol. The van der Waals surface area contributed by atoms with Gasteiger partial charge >= 0.3 is 0 Å². The summed E-state index contributed by atoms with van der Waals surface area (Å²) in [6.07, 6.45) is 0.820. The quantitative estimate of drug-likeness (QED) is 0.658. The molecule has 0 radical (unpaired) electrons. The summed E-state index contributed by atoms with van der Waals surface area (Å²) in [6, 6.07) is 12.3. The Kier molecular flexibility index (Phi) is 3.49. The zero-order valence-electron chi connectivity index (χ0n) is 11.4. The van der Waals surface area contributed by atoms with Crippen LogP contribution in [0.5, 0.6) is 0 Å². The third kappa shape index (κ3) is 2.56. The molecule has 1 aromatic carbocycles. The average Bonchev–Trinajstić information content (AvgIpc) is 2.46. The minimum atomic E-state index is 0.820. The molecule has 0 saturated heterocycles. The maximum absolute atomic E-state index is 4.59. The number of nitrogens with zero attached hydrogens (tertiary/aromatic N) is 3. The molecule has 0 saturated carbocycles. The van der Waals surface area contributed by atoms with Crippen molar-refractivity contribution in [3.8, 4) is 11.3 Å². The van der Waals surface area contributed by atoms with Crippen molar-refractivity contribution in [3.63, 3.8) is 0 Å². The molecule has 2 aromatic heterocycles. The molecule has 0 aliphatic heterocycles. The van der Waals surface area contributed by atoms with Gasteiger partial charge in [0, 0.05) is 23.1 Å². The molecule has 0 spiro atoms. The second kappa shape index (κ2) is 5.29. The molecule has 2 heterocycles. The SMILES string of the molecule is CCc1nc(Br)cc(-c2ccc3nc(C)ccc3c2)n1. The first-order valence-electron chi connectivity index (χ1n) is 6.57. The van der Waals surface area contributed by atoms with Gasteiger partial charge in [-0.15, -0.1) is 0 Å². The number of aromatic nitrogens is 3. The van der Waals surface area contributed by atoms with Gasteiger partial charge in [-0.05, 0) is 47.1 Å². The monoisotopic (exact) mass is 327 g/mol. The van der Waals surface area contributed by atoms with E-state index in [1.165, 1.54) is 0 Å². The lowest BCUT2D eigenvalue weighted by molar-refractivity contribution is 0.932. The maximum atomic E-state index is 4.59. The number of aryl methyl sites for hydroxylation is 2. The Morgan fingerprint density at radius 2 is 1.85 bits per heavy atom. The van der Waals surface area contributed by atoms with Crippen LogP contribution in [0.1, 0.15) is 18.4 Å². The smallest absolute Gasteiger partial charge is 0.130 e. The fourth-order valence-electron chi connectivity index (χ4n) is 2.16. The van der Waals surface area contributed by atoms with Crippen LogP contribution in [-0.4, -0.2) is 15.0 Å². The Hall–Kier alpha value is -1.81. The fraction of sp³-hybridized carbons (Fsp3) is 0.188. The van der Waals surface area contributed by atoms with E-state index in [1.54, 1.807) is 0 Å². The van der Waals surface area contributed by atoms with Gasteiger partial charge < -0.3 is 0 Å². The highest BCUT2D eigenvalue weighted by atomic mass is 79.9. The van der Waals surface area contributed by atoms with Gasteiger partial charge in [0.25, 0.3) is 0 Å². The summed E-state index contributed by atoms with van der Waals surface area (Å²) in [5, 5.41) is 1.13. The van der Waals surface area contributed by atoms with Gasteiger partial charge in [0.1, 0.15) is 10.4 Å². The van der Waals surface area contributed by atoms with Crippen molar-refractivity contribution in [2.45, 2.75) is 20.3 Å². The third-order valence-corrected chi connectivity index (χ3v) is 3.59. The van der Waals surface area contributed by atoms with Crippen LogP contribution in [0.4, 0.5) is 0 Å². The van der Waals surface area contributed by atoms with Crippen molar-refractivity contribution < 1.29 is 0 Å². The summed E-state index contributed by atoms with van der Waals surface area (Å²) in [6.45, 7) is 4.06. The molecule has 3 aromatic rings. The first-order valence-corrected chi connectivity index (χ1v) is 7.36. The van der Waals surface area contributed by atoms with Crippen LogP contribution >= 0.6 is 15.9 Å². The normalized spacial score (nSPS) is 10.9. The van der Waals surface area contributed by atoms with Crippen molar-refractivity contribution in [1.82, 2.24) is 15.0 Å². The molecule has 0 bridgehead atoms. The molecular formula is C16H14BrN3. The Balaban J connectivity index is 2.14. The predicted molar refractivity (Wildman–Crippen MR) is 84.6 cm³/mol. The minimum Gasteiger partial charge on any atom is -0.253 e. The van der Waals surface area contributed by atoms with E-state index < -0.39 is 0 Å². The molecule has 0 amide bonds. The van der Waals surface area contributed by atoms with E-state index in [0.29, 0.717) is 0 Å². The standard InChI is InChI=1S/C16H14BrN3/c1-3-16-19-14(9-15(17)20-16)12-6-7-13-11(8-12)5-4-10(2)18-13/h4-9H,3H2,1-2H3. The van der Waals surface area contributed by atoms with Gasteiger partial charge in [-0.1, -0.05) is 19.1 Å². The zero-order chi connectivity index (χ0) is 14.1. The molecule has 0 atom stereocenters. The molecule has 0 fully saturated rings. The second-order valence-electron chi connectivity index (χ2n) is 4.71. The lowest BCUT2D eigenvalue weighted by Gasteiger charge is -2.06. The molecule has 0 aliphatic rings. The van der Waals surface area contributed by atoms with E-state index in [1.807, 2.05) is 25.1 Å². The number of benzene rings is 1. The summed E-state index contributed by atoms with van der Waals surface area (Å²) in [7, 11) is 0. The third-order valence-electron chi connectivity index (χ3n) is 3.18.